The number of carbonyl (C=O) groups is 2. The van der Waals surface area contributed by atoms with Crippen molar-refractivity contribution in [3.63, 3.8) is 0 Å². The Bertz CT molecular complexity index is 1550. The van der Waals surface area contributed by atoms with Crippen LogP contribution < -0.4 is 10.7 Å². The summed E-state index contributed by atoms with van der Waals surface area (Å²) in [5.74, 6) is -1.96. The first-order chi connectivity index (χ1) is 20.4. The molecule has 0 bridgehead atoms. The number of ether oxygens (including phenoxy) is 1. The molecule has 1 saturated heterocycles. The predicted molar refractivity (Wildman–Crippen MR) is 150 cm³/mol. The van der Waals surface area contributed by atoms with Crippen molar-refractivity contribution in [2.24, 2.45) is 4.99 Å². The number of hydrogen-bond acceptors (Lipinski definition) is 12. The maximum Gasteiger partial charge on any atom is 0.326 e. The smallest absolute Gasteiger partial charge is 0.326 e. The molecule has 2 aromatic heterocycles. The monoisotopic (exact) mass is 602 g/mol. The molecule has 1 fully saturated rings. The van der Waals surface area contributed by atoms with Crippen molar-refractivity contribution in [2.45, 2.75) is 69.7 Å². The summed E-state index contributed by atoms with van der Waals surface area (Å²) in [6.07, 6.45) is -4.92. The van der Waals surface area contributed by atoms with Gasteiger partial charge in [-0.1, -0.05) is 0 Å². The number of imidazole rings is 1. The number of aliphatic imine (C=N–C) groups is 1. The van der Waals surface area contributed by atoms with E-state index in [0.29, 0.717) is 17.0 Å². The lowest BCUT2D eigenvalue weighted by Crippen LogP contribution is -2.55. The topological polar surface area (TPSA) is 248 Å². The van der Waals surface area contributed by atoms with Crippen LogP contribution in [0.4, 0.5) is 0 Å². The van der Waals surface area contributed by atoms with E-state index >= 15 is 0 Å². The summed E-state index contributed by atoms with van der Waals surface area (Å²) in [5.41, 5.74) is 0.721. The van der Waals surface area contributed by atoms with Gasteiger partial charge >= 0.3 is 5.97 Å². The number of fused-ring (bicyclic) bond motifs is 1. The van der Waals surface area contributed by atoms with Crippen LogP contribution in [0.5, 0.6) is 5.75 Å². The lowest BCUT2D eigenvalue weighted by atomic mass is 9.89. The zero-order valence-corrected chi connectivity index (χ0v) is 23.4. The van der Waals surface area contributed by atoms with Gasteiger partial charge in [-0.15, -0.1) is 0 Å². The minimum absolute atomic E-state index is 0.0297. The van der Waals surface area contributed by atoms with E-state index in [1.54, 1.807) is 13.8 Å². The number of carboxylic acid groups (broad SMARTS) is 1. The van der Waals surface area contributed by atoms with Crippen molar-refractivity contribution in [2.75, 3.05) is 13.2 Å². The Morgan fingerprint density at radius 1 is 1.19 bits per heavy atom. The molecule has 3 heterocycles. The van der Waals surface area contributed by atoms with E-state index in [1.165, 1.54) is 24.7 Å². The number of phenolic OH excluding ortho intramolecular Hbond substituents is 1. The summed E-state index contributed by atoms with van der Waals surface area (Å²) < 4.78 is 11.6. The van der Waals surface area contributed by atoms with Gasteiger partial charge in [-0.05, 0) is 25.5 Å². The van der Waals surface area contributed by atoms with Crippen LogP contribution in [0.2, 0.25) is 0 Å². The van der Waals surface area contributed by atoms with Crippen molar-refractivity contribution in [1.29, 1.82) is 0 Å². The molecule has 43 heavy (non-hydrogen) atoms. The van der Waals surface area contributed by atoms with Crippen LogP contribution in [-0.2, 0) is 27.2 Å². The number of aryl methyl sites for hydroxylation is 1. The molecule has 1 aliphatic heterocycles. The number of aromatic amines is 1. The first kappa shape index (κ1) is 31.8. The average Bonchev–Trinajstić information content (AvgIpc) is 3.45. The van der Waals surface area contributed by atoms with E-state index in [4.69, 9.17) is 9.15 Å². The zero-order valence-electron chi connectivity index (χ0n) is 23.4. The molecule has 0 saturated carbocycles. The van der Waals surface area contributed by atoms with E-state index in [1.807, 2.05) is 0 Å². The molecule has 15 nitrogen and oxygen atoms in total. The number of aromatic hydroxyl groups is 1. The number of nitrogens with one attached hydrogen (secondary N) is 2. The number of nitrogens with zero attached hydrogens (tertiary/aromatic N) is 2. The molecule has 232 valence electrons. The number of carboxylic acids is 1. The van der Waals surface area contributed by atoms with Crippen LogP contribution in [-0.4, -0.2) is 102 Å². The maximum atomic E-state index is 13.1. The Morgan fingerprint density at radius 2 is 1.93 bits per heavy atom. The number of aliphatic hydroxyl groups excluding tert-OH is 4. The molecule has 15 heteroatoms. The second kappa shape index (κ2) is 13.4. The van der Waals surface area contributed by atoms with Crippen LogP contribution in [0.3, 0.4) is 0 Å². The van der Waals surface area contributed by atoms with Crippen LogP contribution in [0.1, 0.15) is 42.0 Å². The number of hydrogen-bond donors (Lipinski definition) is 8. The number of H-pyrrole nitrogens is 1. The number of rotatable bonds is 11. The third kappa shape index (κ3) is 7.09. The average molecular weight is 603 g/mol. The first-order valence-corrected chi connectivity index (χ1v) is 13.5. The highest BCUT2D eigenvalue weighted by Gasteiger charge is 2.46. The summed E-state index contributed by atoms with van der Waals surface area (Å²) in [5, 5.41) is 63.5. The van der Waals surface area contributed by atoms with Gasteiger partial charge in [0, 0.05) is 49.5 Å². The van der Waals surface area contributed by atoms with Gasteiger partial charge in [0.25, 0.3) is 0 Å². The highest BCUT2D eigenvalue weighted by atomic mass is 16.5. The molecule has 3 aromatic rings. The Balaban J connectivity index is 1.52. The molecule has 0 radical (unpaired) electrons. The lowest BCUT2D eigenvalue weighted by molar-refractivity contribution is -0.231. The maximum absolute atomic E-state index is 13.1. The van der Waals surface area contributed by atoms with Crippen molar-refractivity contribution in [1.82, 2.24) is 15.3 Å². The standard InChI is InChI=1S/C28H34N4O11/c1-12-5-17(34)22(27-25(39)24(38)23(37)19(10-33)43-27)26-21(12)18(35)8-15(42-26)6-13(2)30-4-3-20(36)32-16(28(40)41)7-14-9-29-11-31-14/h5,8-9,11,16,19,23-25,27,33-34,37-39H,3-4,6-7,10H2,1-2H3,(H,29,31)(H,32,36)(H,40,41)/b30-13+. The van der Waals surface area contributed by atoms with Crippen molar-refractivity contribution < 1.29 is 49.4 Å². The summed E-state index contributed by atoms with van der Waals surface area (Å²) in [6, 6.07) is 1.39. The minimum Gasteiger partial charge on any atom is -0.507 e. The highest BCUT2D eigenvalue weighted by Crippen LogP contribution is 2.41. The Hall–Kier alpha value is -4.15. The van der Waals surface area contributed by atoms with Gasteiger partial charge in [-0.2, -0.15) is 0 Å². The molecule has 4 rings (SSSR count). The van der Waals surface area contributed by atoms with Crippen molar-refractivity contribution in [3.8, 4) is 5.75 Å². The first-order valence-electron chi connectivity index (χ1n) is 13.5. The quantitative estimate of drug-likeness (QED) is 0.126. The van der Waals surface area contributed by atoms with E-state index < -0.39 is 66.2 Å². The van der Waals surface area contributed by atoms with E-state index in [-0.39, 0.29) is 48.1 Å². The Kier molecular flexibility index (Phi) is 9.93. The Labute approximate surface area is 244 Å². The number of aliphatic hydroxyl groups is 4. The predicted octanol–water partition coefficient (Wildman–Crippen LogP) is -0.749. The molecule has 0 aliphatic carbocycles. The van der Waals surface area contributed by atoms with E-state index in [2.05, 4.69) is 20.3 Å². The molecule has 1 amide bonds. The van der Waals surface area contributed by atoms with Gasteiger partial charge in [0.15, 0.2) is 5.43 Å². The zero-order chi connectivity index (χ0) is 31.4. The number of amides is 1. The fourth-order valence-electron chi connectivity index (χ4n) is 5.02. The molecule has 1 aromatic carbocycles. The number of phenols is 1. The largest absolute Gasteiger partial charge is 0.507 e. The second-order valence-corrected chi connectivity index (χ2v) is 10.4. The van der Waals surface area contributed by atoms with Crippen molar-refractivity contribution >= 4 is 28.6 Å². The van der Waals surface area contributed by atoms with Crippen LogP contribution in [0.15, 0.2) is 38.9 Å². The number of carbonyl (C=O) groups excluding carboxylic acids is 1. The molecular weight excluding hydrogens is 568 g/mol. The lowest BCUT2D eigenvalue weighted by Gasteiger charge is -2.40. The van der Waals surface area contributed by atoms with Crippen molar-refractivity contribution in [3.05, 3.63) is 57.5 Å². The normalized spacial score (nSPS) is 23.3. The minimum atomic E-state index is -1.72. The van der Waals surface area contributed by atoms with Gasteiger partial charge in [-0.3, -0.25) is 14.6 Å². The molecular formula is C28H34N4O11. The summed E-state index contributed by atoms with van der Waals surface area (Å²) in [4.78, 5) is 47.9. The Morgan fingerprint density at radius 3 is 2.58 bits per heavy atom. The summed E-state index contributed by atoms with van der Waals surface area (Å²) >= 11 is 0. The molecule has 0 spiro atoms. The third-order valence-electron chi connectivity index (χ3n) is 7.21. The fraction of sp³-hybridized carbons (Fsp3) is 0.464. The second-order valence-electron chi connectivity index (χ2n) is 10.4. The molecule has 6 atom stereocenters. The molecule has 8 N–H and O–H groups in total. The van der Waals surface area contributed by atoms with Crippen LogP contribution in [0, 0.1) is 6.92 Å². The van der Waals surface area contributed by atoms with Gasteiger partial charge in [0.1, 0.15) is 53.7 Å². The highest BCUT2D eigenvalue weighted by molar-refractivity contribution is 5.88. The summed E-state index contributed by atoms with van der Waals surface area (Å²) in [6.45, 7) is 2.57. The van der Waals surface area contributed by atoms with Gasteiger partial charge in [0.05, 0.1) is 23.9 Å². The van der Waals surface area contributed by atoms with Gasteiger partial charge in [0.2, 0.25) is 5.91 Å². The number of benzene rings is 1. The van der Waals surface area contributed by atoms with Gasteiger partial charge in [-0.25, -0.2) is 9.78 Å². The third-order valence-corrected chi connectivity index (χ3v) is 7.21. The van der Waals surface area contributed by atoms with E-state index in [0.717, 1.165) is 0 Å². The van der Waals surface area contributed by atoms with Crippen LogP contribution in [0.25, 0.3) is 11.0 Å². The van der Waals surface area contributed by atoms with Crippen LogP contribution >= 0.6 is 0 Å². The molecule has 6 unspecified atom stereocenters. The number of aromatic nitrogens is 2. The fourth-order valence-corrected chi connectivity index (χ4v) is 5.02. The van der Waals surface area contributed by atoms with E-state index in [9.17, 15) is 45.0 Å². The van der Waals surface area contributed by atoms with Gasteiger partial charge < -0.3 is 50.1 Å². The molecule has 1 aliphatic rings. The number of aliphatic carboxylic acids is 1. The SMILES string of the molecule is C/C(Cc1cc(=O)c2c(C)cc(O)c(C3OC(CO)C(O)C(O)C3O)c2o1)=N\CCC(=O)NC(Cc1cnc[nH]1)C(=O)O. The summed E-state index contributed by atoms with van der Waals surface area (Å²) in [7, 11) is 0.